The summed E-state index contributed by atoms with van der Waals surface area (Å²) in [6, 6.07) is 12.3. The van der Waals surface area contributed by atoms with Gasteiger partial charge >= 0.3 is 0 Å². The van der Waals surface area contributed by atoms with Gasteiger partial charge in [0.15, 0.2) is 5.78 Å². The van der Waals surface area contributed by atoms with Crippen molar-refractivity contribution in [3.8, 4) is 0 Å². The van der Waals surface area contributed by atoms with Crippen LogP contribution >= 0.6 is 0 Å². The normalized spacial score (nSPS) is 18.2. The summed E-state index contributed by atoms with van der Waals surface area (Å²) >= 11 is 0. The molecule has 0 fully saturated rings. The molecule has 19 heavy (non-hydrogen) atoms. The monoisotopic (exact) mass is 251 g/mol. The fourth-order valence-electron chi connectivity index (χ4n) is 3.04. The van der Waals surface area contributed by atoms with Crippen LogP contribution < -0.4 is 0 Å². The van der Waals surface area contributed by atoms with Gasteiger partial charge in [0.25, 0.3) is 0 Å². The number of hydrogen-bond acceptors (Lipinski definition) is 2. The zero-order valence-electron chi connectivity index (χ0n) is 11.3. The van der Waals surface area contributed by atoms with Crippen molar-refractivity contribution >= 4 is 5.78 Å². The van der Waals surface area contributed by atoms with Crippen LogP contribution in [0.5, 0.6) is 0 Å². The van der Waals surface area contributed by atoms with Crippen molar-refractivity contribution < 1.29 is 4.79 Å². The smallest absolute Gasteiger partial charge is 0.165 e. The largest absolute Gasteiger partial charge is 0.294 e. The number of hydrogen-bond donors (Lipinski definition) is 0. The second kappa shape index (κ2) is 4.61. The predicted octanol–water partition coefficient (Wildman–Crippen LogP) is 3.61. The third-order valence-electron chi connectivity index (χ3n) is 3.84. The summed E-state index contributed by atoms with van der Waals surface area (Å²) < 4.78 is 0. The van der Waals surface area contributed by atoms with Gasteiger partial charge in [-0.3, -0.25) is 9.78 Å². The van der Waals surface area contributed by atoms with Crippen molar-refractivity contribution in [2.45, 2.75) is 32.6 Å². The van der Waals surface area contributed by atoms with Gasteiger partial charge in [-0.1, -0.05) is 30.3 Å². The number of rotatable bonds is 1. The lowest BCUT2D eigenvalue weighted by Gasteiger charge is -2.24. The van der Waals surface area contributed by atoms with E-state index >= 15 is 0 Å². The minimum Gasteiger partial charge on any atom is -0.294 e. The molecule has 96 valence electrons. The molecule has 0 N–H and O–H groups in total. The first-order valence-electron chi connectivity index (χ1n) is 6.70. The highest BCUT2D eigenvalue weighted by Gasteiger charge is 2.28. The summed E-state index contributed by atoms with van der Waals surface area (Å²) in [5.41, 5.74) is 5.14. The van der Waals surface area contributed by atoms with Crippen LogP contribution in [0.15, 0.2) is 36.4 Å². The van der Waals surface area contributed by atoms with Gasteiger partial charge in [0.05, 0.1) is 5.69 Å². The molecule has 1 aromatic carbocycles. The summed E-state index contributed by atoms with van der Waals surface area (Å²) in [7, 11) is 0. The van der Waals surface area contributed by atoms with E-state index in [4.69, 9.17) is 0 Å². The molecule has 3 rings (SSSR count). The van der Waals surface area contributed by atoms with E-state index in [2.05, 4.69) is 17.1 Å². The van der Waals surface area contributed by atoms with Crippen LogP contribution in [0.4, 0.5) is 0 Å². The molecule has 0 radical (unpaired) electrons. The number of nitrogens with zero attached hydrogens (tertiary/aromatic N) is 1. The van der Waals surface area contributed by atoms with E-state index in [9.17, 15) is 4.79 Å². The molecule has 1 aliphatic rings. The first kappa shape index (κ1) is 12.1. The SMILES string of the molecule is Cc1cc(C)c2c(n1)C[C@@H](c1ccccc1)CC2=O. The summed E-state index contributed by atoms with van der Waals surface area (Å²) in [5, 5.41) is 0. The van der Waals surface area contributed by atoms with Crippen molar-refractivity contribution in [2.24, 2.45) is 0 Å². The first-order chi connectivity index (χ1) is 9.15. The van der Waals surface area contributed by atoms with Gasteiger partial charge in [0.2, 0.25) is 0 Å². The number of carbonyl (C=O) groups excluding carboxylic acids is 1. The van der Waals surface area contributed by atoms with E-state index in [-0.39, 0.29) is 11.7 Å². The van der Waals surface area contributed by atoms with E-state index in [0.717, 1.165) is 28.9 Å². The Bertz CT molecular complexity index is 631. The highest BCUT2D eigenvalue weighted by Crippen LogP contribution is 2.33. The third kappa shape index (κ3) is 2.19. The number of ketones is 1. The molecular weight excluding hydrogens is 234 g/mol. The van der Waals surface area contributed by atoms with Gasteiger partial charge in [-0.2, -0.15) is 0 Å². The lowest BCUT2D eigenvalue weighted by Crippen LogP contribution is -2.21. The van der Waals surface area contributed by atoms with Crippen molar-refractivity contribution in [3.63, 3.8) is 0 Å². The number of benzene rings is 1. The van der Waals surface area contributed by atoms with Crippen molar-refractivity contribution in [1.82, 2.24) is 4.98 Å². The summed E-state index contributed by atoms with van der Waals surface area (Å²) in [4.78, 5) is 16.9. The number of carbonyl (C=O) groups is 1. The molecule has 0 aliphatic heterocycles. The Morgan fingerprint density at radius 1 is 1.11 bits per heavy atom. The molecule has 1 atom stereocenters. The van der Waals surface area contributed by atoms with E-state index in [1.165, 1.54) is 5.56 Å². The molecule has 0 spiro atoms. The van der Waals surface area contributed by atoms with Gasteiger partial charge in [-0.25, -0.2) is 0 Å². The molecule has 2 aromatic rings. The number of fused-ring (bicyclic) bond motifs is 1. The van der Waals surface area contributed by atoms with Gasteiger partial charge in [0.1, 0.15) is 0 Å². The Kier molecular flexibility index (Phi) is 2.94. The second-order valence-electron chi connectivity index (χ2n) is 5.34. The molecule has 1 heterocycles. The molecular formula is C17H17NO. The highest BCUT2D eigenvalue weighted by atomic mass is 16.1. The van der Waals surface area contributed by atoms with Crippen LogP contribution in [0.1, 0.15) is 45.2 Å². The maximum absolute atomic E-state index is 12.4. The van der Waals surface area contributed by atoms with E-state index < -0.39 is 0 Å². The van der Waals surface area contributed by atoms with E-state index in [1.807, 2.05) is 38.1 Å². The zero-order chi connectivity index (χ0) is 13.4. The van der Waals surface area contributed by atoms with Crippen molar-refractivity contribution in [1.29, 1.82) is 0 Å². The van der Waals surface area contributed by atoms with Crippen LogP contribution in [0.3, 0.4) is 0 Å². The number of Topliss-reactive ketones (excluding diaryl/α,β-unsaturated/α-hetero) is 1. The van der Waals surface area contributed by atoms with Crippen molar-refractivity contribution in [2.75, 3.05) is 0 Å². The van der Waals surface area contributed by atoms with Crippen LogP contribution in [-0.4, -0.2) is 10.8 Å². The molecule has 2 nitrogen and oxygen atoms in total. The average molecular weight is 251 g/mol. The quantitative estimate of drug-likeness (QED) is 0.775. The lowest BCUT2D eigenvalue weighted by atomic mass is 9.80. The number of pyridine rings is 1. The Morgan fingerprint density at radius 2 is 1.84 bits per heavy atom. The minimum atomic E-state index is 0.236. The van der Waals surface area contributed by atoms with Crippen LogP contribution in [0, 0.1) is 13.8 Å². The molecule has 1 aromatic heterocycles. The van der Waals surface area contributed by atoms with Gasteiger partial charge < -0.3 is 0 Å². The van der Waals surface area contributed by atoms with Gasteiger partial charge in [-0.05, 0) is 43.4 Å². The molecule has 0 bridgehead atoms. The Balaban J connectivity index is 2.03. The minimum absolute atomic E-state index is 0.236. The summed E-state index contributed by atoms with van der Waals surface area (Å²) in [6.07, 6.45) is 1.47. The second-order valence-corrected chi connectivity index (χ2v) is 5.34. The third-order valence-corrected chi connectivity index (χ3v) is 3.84. The topological polar surface area (TPSA) is 30.0 Å². The fourth-order valence-corrected chi connectivity index (χ4v) is 3.04. The maximum atomic E-state index is 12.4. The average Bonchev–Trinajstić information content (AvgIpc) is 2.38. The maximum Gasteiger partial charge on any atom is 0.165 e. The Labute approximate surface area is 113 Å². The van der Waals surface area contributed by atoms with Gasteiger partial charge in [-0.15, -0.1) is 0 Å². The number of aromatic nitrogens is 1. The summed E-state index contributed by atoms with van der Waals surface area (Å²) in [5.74, 6) is 0.509. The molecule has 2 heteroatoms. The van der Waals surface area contributed by atoms with E-state index in [0.29, 0.717) is 6.42 Å². The Morgan fingerprint density at radius 3 is 2.58 bits per heavy atom. The van der Waals surface area contributed by atoms with Gasteiger partial charge in [0, 0.05) is 17.7 Å². The molecule has 0 amide bonds. The fraction of sp³-hybridized carbons (Fsp3) is 0.294. The van der Waals surface area contributed by atoms with Crippen LogP contribution in [0.2, 0.25) is 0 Å². The molecule has 1 aliphatic carbocycles. The number of aryl methyl sites for hydroxylation is 2. The molecule has 0 unspecified atom stereocenters. The lowest BCUT2D eigenvalue weighted by molar-refractivity contribution is 0.0962. The highest BCUT2D eigenvalue weighted by molar-refractivity contribution is 6.00. The van der Waals surface area contributed by atoms with Crippen molar-refractivity contribution in [3.05, 3.63) is 64.5 Å². The standard InChI is InChI=1S/C17H17NO/c1-11-8-12(2)18-15-9-14(10-16(19)17(11)15)13-6-4-3-5-7-13/h3-8,14H,9-10H2,1-2H3/t14-/m1/s1. The van der Waals surface area contributed by atoms with E-state index in [1.54, 1.807) is 0 Å². The zero-order valence-corrected chi connectivity index (χ0v) is 11.3. The molecule has 0 saturated heterocycles. The Hall–Kier alpha value is -1.96. The summed E-state index contributed by atoms with van der Waals surface area (Å²) in [6.45, 7) is 4.00. The van der Waals surface area contributed by atoms with Crippen LogP contribution in [-0.2, 0) is 6.42 Å². The first-order valence-corrected chi connectivity index (χ1v) is 6.70. The predicted molar refractivity (Wildman–Crippen MR) is 75.5 cm³/mol. The van der Waals surface area contributed by atoms with Crippen LogP contribution in [0.25, 0.3) is 0 Å². The molecule has 0 saturated carbocycles.